The minimum atomic E-state index is -1.53. The van der Waals surface area contributed by atoms with Crippen LogP contribution < -0.4 is 20.7 Å². The van der Waals surface area contributed by atoms with E-state index in [4.69, 9.17) is 4.74 Å². The van der Waals surface area contributed by atoms with E-state index in [2.05, 4.69) is 10.3 Å². The number of amides is 1. The van der Waals surface area contributed by atoms with Gasteiger partial charge in [0.25, 0.3) is 0 Å². The number of nitrogens with one attached hydrogen (secondary N) is 1. The number of aromatic hydroxyl groups is 1. The van der Waals surface area contributed by atoms with Crippen LogP contribution in [-0.2, 0) is 4.74 Å². The second-order valence-electron chi connectivity index (χ2n) is 6.20. The summed E-state index contributed by atoms with van der Waals surface area (Å²) in [6.45, 7) is 3.33. The van der Waals surface area contributed by atoms with E-state index in [0.29, 0.717) is 18.8 Å². The molecule has 27 heavy (non-hydrogen) atoms. The highest BCUT2D eigenvalue weighted by molar-refractivity contribution is 5.96. The molecule has 0 radical (unpaired) electrons. The Hall–Kier alpha value is -3.34. The van der Waals surface area contributed by atoms with Crippen LogP contribution in [0.3, 0.4) is 0 Å². The number of rotatable bonds is 3. The van der Waals surface area contributed by atoms with Crippen molar-refractivity contribution >= 4 is 29.1 Å². The molecule has 2 aliphatic heterocycles. The zero-order valence-electron chi connectivity index (χ0n) is 14.2. The first-order valence-corrected chi connectivity index (χ1v) is 8.40. The van der Waals surface area contributed by atoms with Crippen molar-refractivity contribution in [3.8, 4) is 5.75 Å². The quantitative estimate of drug-likeness (QED) is 0.646. The van der Waals surface area contributed by atoms with Crippen LogP contribution in [0, 0.1) is 0 Å². The number of fused-ring (bicyclic) bond motifs is 1. The van der Waals surface area contributed by atoms with Gasteiger partial charge in [0.2, 0.25) is 5.75 Å². The van der Waals surface area contributed by atoms with Crippen LogP contribution in [0.15, 0.2) is 17.1 Å². The summed E-state index contributed by atoms with van der Waals surface area (Å²) in [7, 11) is 0. The van der Waals surface area contributed by atoms with E-state index in [0.717, 1.165) is 17.5 Å². The standard InChI is InChI=1S/C16H17N5O6/c22-12-11(15(24)25)18-13-10(20-5-6-27-16(20)26)7-9(8-21(13)14(12)23)19-3-1-17-2-4-19/h7-8,17,22H,1-6H2,(H,24,25). The minimum Gasteiger partial charge on any atom is -0.501 e. The second-order valence-corrected chi connectivity index (χ2v) is 6.20. The molecule has 11 heteroatoms. The zero-order valence-corrected chi connectivity index (χ0v) is 14.2. The smallest absolute Gasteiger partial charge is 0.414 e. The Kier molecular flexibility index (Phi) is 4.07. The minimum absolute atomic E-state index is 0.0343. The number of carbonyl (C=O) groups excluding carboxylic acids is 1. The molecule has 2 aliphatic rings. The van der Waals surface area contributed by atoms with E-state index in [9.17, 15) is 24.6 Å². The summed E-state index contributed by atoms with van der Waals surface area (Å²) in [5, 5.41) is 22.4. The Labute approximate surface area is 152 Å². The predicted molar refractivity (Wildman–Crippen MR) is 93.9 cm³/mol. The number of aromatic nitrogens is 2. The van der Waals surface area contributed by atoms with E-state index in [1.807, 2.05) is 4.90 Å². The Bertz CT molecular complexity index is 997. The maximum Gasteiger partial charge on any atom is 0.414 e. The van der Waals surface area contributed by atoms with Crippen molar-refractivity contribution in [3.05, 3.63) is 28.3 Å². The summed E-state index contributed by atoms with van der Waals surface area (Å²) in [4.78, 5) is 43.3. The van der Waals surface area contributed by atoms with Gasteiger partial charge in [-0.1, -0.05) is 0 Å². The number of pyridine rings is 1. The first kappa shape index (κ1) is 17.1. The molecule has 0 saturated carbocycles. The van der Waals surface area contributed by atoms with Gasteiger partial charge in [0.1, 0.15) is 6.61 Å². The number of carboxylic acids is 1. The third kappa shape index (κ3) is 2.81. The molecular formula is C16H17N5O6. The first-order valence-electron chi connectivity index (χ1n) is 8.40. The monoisotopic (exact) mass is 375 g/mol. The Balaban J connectivity index is 1.99. The molecular weight excluding hydrogens is 358 g/mol. The van der Waals surface area contributed by atoms with Crippen LogP contribution in [0.2, 0.25) is 0 Å². The van der Waals surface area contributed by atoms with Gasteiger partial charge >= 0.3 is 17.6 Å². The fourth-order valence-corrected chi connectivity index (χ4v) is 3.25. The van der Waals surface area contributed by atoms with E-state index >= 15 is 0 Å². The van der Waals surface area contributed by atoms with Gasteiger partial charge in [0, 0.05) is 32.4 Å². The van der Waals surface area contributed by atoms with Crippen molar-refractivity contribution in [2.45, 2.75) is 0 Å². The molecule has 2 aromatic heterocycles. The topological polar surface area (TPSA) is 137 Å². The molecule has 1 amide bonds. The molecule has 0 aromatic carbocycles. The van der Waals surface area contributed by atoms with Crippen molar-refractivity contribution in [3.63, 3.8) is 0 Å². The van der Waals surface area contributed by atoms with Gasteiger partial charge < -0.3 is 25.2 Å². The van der Waals surface area contributed by atoms with Gasteiger partial charge in [-0.2, -0.15) is 0 Å². The average Bonchev–Trinajstić information content (AvgIpc) is 3.10. The van der Waals surface area contributed by atoms with Gasteiger partial charge in [-0.15, -0.1) is 0 Å². The third-order valence-corrected chi connectivity index (χ3v) is 4.60. The second kappa shape index (κ2) is 6.43. The molecule has 4 heterocycles. The van der Waals surface area contributed by atoms with Crippen molar-refractivity contribution in [1.29, 1.82) is 0 Å². The number of hydrogen-bond acceptors (Lipinski definition) is 8. The fourth-order valence-electron chi connectivity index (χ4n) is 3.25. The maximum absolute atomic E-state index is 12.6. The SMILES string of the molecule is O=C(O)c1nc2c(N3CCOC3=O)cc(N3CCNCC3)cn2c(=O)c1O. The average molecular weight is 375 g/mol. The summed E-state index contributed by atoms with van der Waals surface area (Å²) in [5.41, 5.74) is -0.793. The summed E-state index contributed by atoms with van der Waals surface area (Å²) in [6.07, 6.45) is 0.889. The van der Waals surface area contributed by atoms with Gasteiger partial charge in [-0.05, 0) is 6.07 Å². The number of nitrogens with zero attached hydrogens (tertiary/aromatic N) is 4. The summed E-state index contributed by atoms with van der Waals surface area (Å²) in [5.74, 6) is -2.49. The van der Waals surface area contributed by atoms with Gasteiger partial charge in [-0.3, -0.25) is 14.1 Å². The Morgan fingerprint density at radius 2 is 1.96 bits per heavy atom. The number of hydrogen-bond donors (Lipinski definition) is 3. The molecule has 0 aliphatic carbocycles. The van der Waals surface area contributed by atoms with Crippen molar-refractivity contribution in [1.82, 2.24) is 14.7 Å². The van der Waals surface area contributed by atoms with Crippen LogP contribution in [-0.4, -0.2) is 71.0 Å². The Morgan fingerprint density at radius 3 is 2.59 bits per heavy atom. The molecule has 0 spiro atoms. The van der Waals surface area contributed by atoms with E-state index in [1.54, 1.807) is 6.07 Å². The lowest BCUT2D eigenvalue weighted by molar-refractivity contribution is 0.0686. The lowest BCUT2D eigenvalue weighted by atomic mass is 10.2. The molecule has 4 rings (SSSR count). The molecule has 2 saturated heterocycles. The van der Waals surface area contributed by atoms with Crippen molar-refractivity contribution in [2.75, 3.05) is 49.1 Å². The van der Waals surface area contributed by atoms with Crippen LogP contribution in [0.25, 0.3) is 5.65 Å². The maximum atomic E-state index is 12.6. The van der Waals surface area contributed by atoms with Gasteiger partial charge in [-0.25, -0.2) is 14.6 Å². The highest BCUT2D eigenvalue weighted by atomic mass is 16.6. The lowest BCUT2D eigenvalue weighted by Crippen LogP contribution is -2.43. The molecule has 3 N–H and O–H groups in total. The van der Waals surface area contributed by atoms with Crippen molar-refractivity contribution in [2.24, 2.45) is 0 Å². The number of carbonyl (C=O) groups is 2. The molecule has 0 unspecified atom stereocenters. The Morgan fingerprint density at radius 1 is 1.22 bits per heavy atom. The third-order valence-electron chi connectivity index (χ3n) is 4.60. The zero-order chi connectivity index (χ0) is 19.1. The normalized spacial score (nSPS) is 17.4. The summed E-state index contributed by atoms with van der Waals surface area (Å²) in [6, 6.07) is 1.68. The molecule has 142 valence electrons. The molecule has 11 nitrogen and oxygen atoms in total. The van der Waals surface area contributed by atoms with Gasteiger partial charge in [0.05, 0.1) is 17.9 Å². The van der Waals surface area contributed by atoms with E-state index in [1.165, 1.54) is 11.1 Å². The van der Waals surface area contributed by atoms with Gasteiger partial charge in [0.15, 0.2) is 11.3 Å². The number of carboxylic acid groups (broad SMARTS) is 1. The molecule has 2 aromatic rings. The number of anilines is 2. The number of ether oxygens (including phenoxy) is 1. The molecule has 2 fully saturated rings. The fraction of sp³-hybridized carbons (Fsp3) is 0.375. The van der Waals surface area contributed by atoms with Crippen LogP contribution in [0.4, 0.5) is 16.2 Å². The molecule has 0 bridgehead atoms. The largest absolute Gasteiger partial charge is 0.501 e. The van der Waals surface area contributed by atoms with Crippen LogP contribution in [0.5, 0.6) is 5.75 Å². The van der Waals surface area contributed by atoms with E-state index in [-0.39, 0.29) is 24.5 Å². The number of aromatic carboxylic acids is 1. The summed E-state index contributed by atoms with van der Waals surface area (Å²) < 4.78 is 6.04. The number of cyclic esters (lactones) is 1. The predicted octanol–water partition coefficient (Wildman–Crippen LogP) is -0.536. The summed E-state index contributed by atoms with van der Waals surface area (Å²) >= 11 is 0. The van der Waals surface area contributed by atoms with Crippen LogP contribution >= 0.6 is 0 Å². The lowest BCUT2D eigenvalue weighted by Gasteiger charge is -2.30. The van der Waals surface area contributed by atoms with Crippen molar-refractivity contribution < 1.29 is 24.5 Å². The van der Waals surface area contributed by atoms with Crippen LogP contribution in [0.1, 0.15) is 10.5 Å². The highest BCUT2D eigenvalue weighted by Gasteiger charge is 2.29. The number of piperazine rings is 1. The van der Waals surface area contributed by atoms with E-state index < -0.39 is 29.1 Å². The first-order chi connectivity index (χ1) is 13.0. The highest BCUT2D eigenvalue weighted by Crippen LogP contribution is 2.29. The molecule has 0 atom stereocenters.